The molecule has 0 radical (unpaired) electrons. The first-order chi connectivity index (χ1) is 12.0. The molecule has 3 atom stereocenters. The summed E-state index contributed by atoms with van der Waals surface area (Å²) in [5.74, 6) is -0.0348. The van der Waals surface area contributed by atoms with Gasteiger partial charge in [0.25, 0.3) is 0 Å². The number of imidazole rings is 1. The van der Waals surface area contributed by atoms with E-state index in [1.165, 1.54) is 0 Å². The molecule has 0 aromatic carbocycles. The van der Waals surface area contributed by atoms with E-state index in [1.54, 1.807) is 17.4 Å². The van der Waals surface area contributed by atoms with Crippen LogP contribution in [0, 0.1) is 5.92 Å². The number of hydrogen-bond donors (Lipinski definition) is 2. The molecular weight excluding hydrogens is 318 g/mol. The van der Waals surface area contributed by atoms with E-state index in [0.717, 1.165) is 32.2 Å². The van der Waals surface area contributed by atoms with Gasteiger partial charge in [-0.25, -0.2) is 9.78 Å². The van der Waals surface area contributed by atoms with Crippen LogP contribution in [-0.2, 0) is 11.3 Å². The van der Waals surface area contributed by atoms with Crippen molar-refractivity contribution in [2.45, 2.75) is 65.1 Å². The Bertz CT molecular complexity index is 546. The Balaban J connectivity index is 1.85. The molecule has 0 saturated carbocycles. The molecule has 7 nitrogen and oxygen atoms in total. The fourth-order valence-corrected chi connectivity index (χ4v) is 3.19. The molecule has 1 aromatic rings. The van der Waals surface area contributed by atoms with Gasteiger partial charge in [-0.2, -0.15) is 0 Å². The Labute approximate surface area is 150 Å². The molecule has 7 heteroatoms. The molecule has 1 aromatic heterocycles. The monoisotopic (exact) mass is 349 g/mol. The van der Waals surface area contributed by atoms with Gasteiger partial charge in [0.2, 0.25) is 5.91 Å². The van der Waals surface area contributed by atoms with Crippen LogP contribution in [0.3, 0.4) is 0 Å². The quantitative estimate of drug-likeness (QED) is 0.739. The van der Waals surface area contributed by atoms with Gasteiger partial charge in [-0.1, -0.05) is 13.3 Å². The number of likely N-dealkylation sites (tertiary alicyclic amines) is 1. The third kappa shape index (κ3) is 5.76. The normalized spacial score (nSPS) is 21.6. The summed E-state index contributed by atoms with van der Waals surface area (Å²) in [4.78, 5) is 30.8. The summed E-state index contributed by atoms with van der Waals surface area (Å²) in [7, 11) is 0. The van der Waals surface area contributed by atoms with Crippen LogP contribution in [-0.4, -0.2) is 51.6 Å². The number of urea groups is 1. The fraction of sp³-hybridized carbons (Fsp3) is 0.722. The van der Waals surface area contributed by atoms with Gasteiger partial charge in [-0.15, -0.1) is 0 Å². The van der Waals surface area contributed by atoms with E-state index < -0.39 is 0 Å². The highest BCUT2D eigenvalue weighted by Gasteiger charge is 2.32. The number of nitrogens with zero attached hydrogens (tertiary/aromatic N) is 3. The molecule has 2 N–H and O–H groups in total. The average molecular weight is 349 g/mol. The van der Waals surface area contributed by atoms with E-state index in [2.05, 4.69) is 22.5 Å². The zero-order chi connectivity index (χ0) is 18.2. The lowest BCUT2D eigenvalue weighted by atomic mass is 9.93. The molecule has 3 unspecified atom stereocenters. The number of unbranched alkanes of at least 4 members (excludes halogenated alkanes) is 1. The van der Waals surface area contributed by atoms with Gasteiger partial charge in [0.1, 0.15) is 0 Å². The number of hydrogen-bond acceptors (Lipinski definition) is 3. The first-order valence-corrected chi connectivity index (χ1v) is 9.31. The number of nitrogens with one attached hydrogen (secondary N) is 2. The lowest BCUT2D eigenvalue weighted by molar-refractivity contribution is -0.126. The van der Waals surface area contributed by atoms with Crippen LogP contribution in [0.1, 0.15) is 46.5 Å². The molecule has 2 rings (SSSR count). The molecule has 140 valence electrons. The second kappa shape index (κ2) is 9.44. The van der Waals surface area contributed by atoms with Crippen LogP contribution < -0.4 is 10.6 Å². The van der Waals surface area contributed by atoms with Crippen molar-refractivity contribution < 1.29 is 9.59 Å². The summed E-state index contributed by atoms with van der Waals surface area (Å²) in [6.07, 6.45) is 9.09. The minimum atomic E-state index is -0.109. The maximum absolute atomic E-state index is 12.6. The van der Waals surface area contributed by atoms with Gasteiger partial charge in [-0.05, 0) is 33.1 Å². The van der Waals surface area contributed by atoms with E-state index >= 15 is 0 Å². The van der Waals surface area contributed by atoms with Crippen LogP contribution in [0.4, 0.5) is 4.79 Å². The molecule has 0 aliphatic carbocycles. The summed E-state index contributed by atoms with van der Waals surface area (Å²) in [6.45, 7) is 8.01. The third-order valence-electron chi connectivity index (χ3n) is 4.76. The molecule has 1 aliphatic rings. The van der Waals surface area contributed by atoms with Crippen molar-refractivity contribution in [3.05, 3.63) is 18.7 Å². The molecule has 2 heterocycles. The number of carbonyl (C=O) groups excluding carboxylic acids is 2. The van der Waals surface area contributed by atoms with E-state index in [1.807, 2.05) is 24.6 Å². The molecular formula is C18H31N5O2. The van der Waals surface area contributed by atoms with Gasteiger partial charge < -0.3 is 20.1 Å². The Morgan fingerprint density at radius 3 is 2.84 bits per heavy atom. The van der Waals surface area contributed by atoms with Crippen LogP contribution in [0.5, 0.6) is 0 Å². The smallest absolute Gasteiger partial charge is 0.317 e. The van der Waals surface area contributed by atoms with Crippen molar-refractivity contribution in [3.63, 3.8) is 0 Å². The summed E-state index contributed by atoms with van der Waals surface area (Å²) >= 11 is 0. The Morgan fingerprint density at radius 2 is 2.16 bits per heavy atom. The van der Waals surface area contributed by atoms with E-state index in [9.17, 15) is 9.59 Å². The molecule has 1 fully saturated rings. The first-order valence-electron chi connectivity index (χ1n) is 9.31. The van der Waals surface area contributed by atoms with Gasteiger partial charge in [0.15, 0.2) is 0 Å². The van der Waals surface area contributed by atoms with Crippen molar-refractivity contribution in [1.82, 2.24) is 25.1 Å². The van der Waals surface area contributed by atoms with Crippen LogP contribution in [0.2, 0.25) is 0 Å². The first kappa shape index (κ1) is 19.3. The maximum Gasteiger partial charge on any atom is 0.317 e. The molecule has 1 saturated heterocycles. The average Bonchev–Trinajstić information content (AvgIpc) is 3.08. The minimum absolute atomic E-state index is 0.00680. The zero-order valence-electron chi connectivity index (χ0n) is 15.6. The predicted molar refractivity (Wildman–Crippen MR) is 97.0 cm³/mol. The minimum Gasteiger partial charge on any atom is -0.356 e. The van der Waals surface area contributed by atoms with Crippen molar-refractivity contribution in [3.8, 4) is 0 Å². The van der Waals surface area contributed by atoms with E-state index in [4.69, 9.17) is 0 Å². The Hall–Kier alpha value is -2.05. The highest BCUT2D eigenvalue weighted by Crippen LogP contribution is 2.22. The fourth-order valence-electron chi connectivity index (χ4n) is 3.19. The molecule has 0 spiro atoms. The predicted octanol–water partition coefficient (Wildman–Crippen LogP) is 2.00. The molecule has 0 bridgehead atoms. The van der Waals surface area contributed by atoms with Crippen molar-refractivity contribution in [2.75, 3.05) is 13.1 Å². The molecule has 1 aliphatic heterocycles. The van der Waals surface area contributed by atoms with E-state index in [-0.39, 0.29) is 29.9 Å². The number of carbonyl (C=O) groups is 2. The highest BCUT2D eigenvalue weighted by atomic mass is 16.2. The van der Waals surface area contributed by atoms with Crippen molar-refractivity contribution >= 4 is 11.9 Å². The second-order valence-corrected chi connectivity index (χ2v) is 7.03. The Kier molecular flexibility index (Phi) is 7.28. The van der Waals surface area contributed by atoms with Gasteiger partial charge >= 0.3 is 6.03 Å². The molecule has 25 heavy (non-hydrogen) atoms. The number of amides is 3. The third-order valence-corrected chi connectivity index (χ3v) is 4.76. The number of rotatable bonds is 7. The largest absolute Gasteiger partial charge is 0.356 e. The van der Waals surface area contributed by atoms with Crippen molar-refractivity contribution in [2.24, 2.45) is 5.92 Å². The van der Waals surface area contributed by atoms with Crippen molar-refractivity contribution in [1.29, 1.82) is 0 Å². The van der Waals surface area contributed by atoms with Gasteiger partial charge in [0.05, 0.1) is 12.2 Å². The summed E-state index contributed by atoms with van der Waals surface area (Å²) in [5.41, 5.74) is 0. The SMILES string of the molecule is CCCCNC(=O)C1CCC(C)N(C(=O)NC(C)Cn2ccnc2)C1. The lowest BCUT2D eigenvalue weighted by Gasteiger charge is -2.38. The van der Waals surface area contributed by atoms with Crippen LogP contribution in [0.25, 0.3) is 0 Å². The van der Waals surface area contributed by atoms with Gasteiger partial charge in [0, 0.05) is 44.1 Å². The summed E-state index contributed by atoms with van der Waals surface area (Å²) in [6, 6.07) is 0.0546. The standard InChI is InChI=1S/C18H31N5O2/c1-4-5-8-20-17(24)16-7-6-15(3)23(12-16)18(25)21-14(2)11-22-10-9-19-13-22/h9-10,13-16H,4-8,11-12H2,1-3H3,(H,20,24)(H,21,25). The van der Waals surface area contributed by atoms with Crippen LogP contribution in [0.15, 0.2) is 18.7 Å². The highest BCUT2D eigenvalue weighted by molar-refractivity contribution is 5.81. The zero-order valence-corrected chi connectivity index (χ0v) is 15.6. The number of aromatic nitrogens is 2. The van der Waals surface area contributed by atoms with E-state index in [0.29, 0.717) is 13.1 Å². The summed E-state index contributed by atoms with van der Waals surface area (Å²) in [5, 5.41) is 6.03. The Morgan fingerprint density at radius 1 is 1.36 bits per heavy atom. The second-order valence-electron chi connectivity index (χ2n) is 7.03. The lowest BCUT2D eigenvalue weighted by Crippen LogP contribution is -2.54. The summed E-state index contributed by atoms with van der Waals surface area (Å²) < 4.78 is 1.94. The van der Waals surface area contributed by atoms with Crippen LogP contribution >= 0.6 is 0 Å². The topological polar surface area (TPSA) is 79.3 Å². The molecule has 3 amide bonds. The van der Waals surface area contributed by atoms with Gasteiger partial charge in [-0.3, -0.25) is 4.79 Å². The maximum atomic E-state index is 12.6. The number of piperidine rings is 1.